The third kappa shape index (κ3) is 3.61. The van der Waals surface area contributed by atoms with Gasteiger partial charge in [0.2, 0.25) is 0 Å². The number of hydrogen-bond acceptors (Lipinski definition) is 4. The highest BCUT2D eigenvalue weighted by Gasteiger charge is 2.34. The predicted octanol–water partition coefficient (Wildman–Crippen LogP) is 3.22. The van der Waals surface area contributed by atoms with Crippen molar-refractivity contribution in [3.05, 3.63) is 22.8 Å². The molecule has 118 valence electrons. The Morgan fingerprint density at radius 3 is 2.43 bits per heavy atom. The molecule has 1 aromatic heterocycles. The summed E-state index contributed by atoms with van der Waals surface area (Å²) in [7, 11) is 0. The summed E-state index contributed by atoms with van der Waals surface area (Å²) in [6.07, 6.45) is 3.35. The van der Waals surface area contributed by atoms with Crippen LogP contribution in [0.25, 0.3) is 0 Å². The van der Waals surface area contributed by atoms with Crippen LogP contribution in [0.5, 0.6) is 0 Å². The van der Waals surface area contributed by atoms with Crippen molar-refractivity contribution in [3.63, 3.8) is 0 Å². The average molecular weight is 291 g/mol. The lowest BCUT2D eigenvalue weighted by molar-refractivity contribution is -0.0762. The standard InChI is InChI=1S/C17H29N3O/c1-6-18-11-12(2)15-13(3)19-16(20-14(15)4)17(5)9-7-8-10-21-17/h12,18H,6-11H2,1-5H3. The van der Waals surface area contributed by atoms with Crippen LogP contribution in [0.4, 0.5) is 0 Å². The molecular weight excluding hydrogens is 262 g/mol. The number of hydrogen-bond donors (Lipinski definition) is 1. The zero-order valence-corrected chi connectivity index (χ0v) is 14.1. The maximum atomic E-state index is 5.99. The number of likely N-dealkylation sites (N-methyl/N-ethyl adjacent to an activating group) is 1. The Morgan fingerprint density at radius 2 is 1.90 bits per heavy atom. The second-order valence-electron chi connectivity index (χ2n) is 6.38. The van der Waals surface area contributed by atoms with Crippen LogP contribution in [0.3, 0.4) is 0 Å². The molecule has 4 heteroatoms. The van der Waals surface area contributed by atoms with Gasteiger partial charge >= 0.3 is 0 Å². The molecular formula is C17H29N3O. The van der Waals surface area contributed by atoms with Crippen LogP contribution in [0.1, 0.15) is 68.7 Å². The van der Waals surface area contributed by atoms with Crippen molar-refractivity contribution in [1.82, 2.24) is 15.3 Å². The van der Waals surface area contributed by atoms with E-state index < -0.39 is 0 Å². The minimum absolute atomic E-state index is 0.308. The Balaban J connectivity index is 2.28. The molecule has 0 spiro atoms. The lowest BCUT2D eigenvalue weighted by atomic mass is 9.93. The van der Waals surface area contributed by atoms with Gasteiger partial charge in [-0.05, 0) is 58.1 Å². The molecule has 1 aromatic rings. The summed E-state index contributed by atoms with van der Waals surface area (Å²) >= 11 is 0. The van der Waals surface area contributed by atoms with Gasteiger partial charge in [-0.25, -0.2) is 9.97 Å². The molecule has 2 unspecified atom stereocenters. The molecule has 2 atom stereocenters. The summed E-state index contributed by atoms with van der Waals surface area (Å²) in [5.74, 6) is 1.29. The third-order valence-electron chi connectivity index (χ3n) is 4.46. The summed E-state index contributed by atoms with van der Waals surface area (Å²) in [5, 5.41) is 3.41. The first kappa shape index (κ1) is 16.4. The van der Waals surface area contributed by atoms with Crippen molar-refractivity contribution in [1.29, 1.82) is 0 Å². The summed E-state index contributed by atoms with van der Waals surface area (Å²) in [6.45, 7) is 13.5. The first-order chi connectivity index (χ1) is 9.98. The molecule has 2 rings (SSSR count). The Kier molecular flexibility index (Phi) is 5.33. The monoisotopic (exact) mass is 291 g/mol. The van der Waals surface area contributed by atoms with Gasteiger partial charge in [-0.1, -0.05) is 13.8 Å². The number of ether oxygens (including phenoxy) is 1. The zero-order valence-electron chi connectivity index (χ0n) is 14.1. The van der Waals surface area contributed by atoms with Gasteiger partial charge in [0, 0.05) is 24.5 Å². The number of rotatable bonds is 5. The van der Waals surface area contributed by atoms with Crippen molar-refractivity contribution < 1.29 is 4.74 Å². The topological polar surface area (TPSA) is 47.0 Å². The van der Waals surface area contributed by atoms with Crippen molar-refractivity contribution in [3.8, 4) is 0 Å². The van der Waals surface area contributed by atoms with E-state index in [9.17, 15) is 0 Å². The molecule has 0 aromatic carbocycles. The minimum Gasteiger partial charge on any atom is -0.367 e. The molecule has 0 amide bonds. The van der Waals surface area contributed by atoms with Crippen molar-refractivity contribution in [2.75, 3.05) is 19.7 Å². The first-order valence-electron chi connectivity index (χ1n) is 8.18. The fourth-order valence-corrected chi connectivity index (χ4v) is 3.25. The number of aromatic nitrogens is 2. The van der Waals surface area contributed by atoms with E-state index in [-0.39, 0.29) is 5.60 Å². The van der Waals surface area contributed by atoms with E-state index in [1.807, 2.05) is 0 Å². The molecule has 1 saturated heterocycles. The van der Waals surface area contributed by atoms with Crippen LogP contribution in [0.15, 0.2) is 0 Å². The van der Waals surface area contributed by atoms with E-state index in [1.54, 1.807) is 0 Å². The normalized spacial score (nSPS) is 24.0. The smallest absolute Gasteiger partial charge is 0.160 e. The van der Waals surface area contributed by atoms with Gasteiger partial charge in [0.1, 0.15) is 5.60 Å². The number of nitrogens with zero attached hydrogens (tertiary/aromatic N) is 2. The van der Waals surface area contributed by atoms with Crippen molar-refractivity contribution in [2.24, 2.45) is 0 Å². The summed E-state index contributed by atoms with van der Waals surface area (Å²) < 4.78 is 5.99. The van der Waals surface area contributed by atoms with Crippen molar-refractivity contribution >= 4 is 0 Å². The van der Waals surface area contributed by atoms with Gasteiger partial charge in [-0.15, -0.1) is 0 Å². The molecule has 0 bridgehead atoms. The number of nitrogens with one attached hydrogen (secondary N) is 1. The van der Waals surface area contributed by atoms with Gasteiger partial charge in [0.05, 0.1) is 0 Å². The summed E-state index contributed by atoms with van der Waals surface area (Å²) in [4.78, 5) is 9.59. The Morgan fingerprint density at radius 1 is 1.24 bits per heavy atom. The van der Waals surface area contributed by atoms with Crippen LogP contribution >= 0.6 is 0 Å². The van der Waals surface area contributed by atoms with Gasteiger partial charge < -0.3 is 10.1 Å². The van der Waals surface area contributed by atoms with E-state index >= 15 is 0 Å². The number of aryl methyl sites for hydroxylation is 2. The largest absolute Gasteiger partial charge is 0.367 e. The first-order valence-corrected chi connectivity index (χ1v) is 8.18. The van der Waals surface area contributed by atoms with E-state index in [0.29, 0.717) is 5.92 Å². The van der Waals surface area contributed by atoms with Gasteiger partial charge in [-0.2, -0.15) is 0 Å². The molecule has 1 N–H and O–H groups in total. The van der Waals surface area contributed by atoms with Crippen LogP contribution in [-0.4, -0.2) is 29.7 Å². The molecule has 1 aliphatic rings. The van der Waals surface area contributed by atoms with Crippen LogP contribution in [0.2, 0.25) is 0 Å². The lowest BCUT2D eigenvalue weighted by Crippen LogP contribution is -2.33. The molecule has 0 saturated carbocycles. The van der Waals surface area contributed by atoms with Crippen molar-refractivity contribution in [2.45, 2.75) is 65.4 Å². The Labute approximate surface area is 128 Å². The van der Waals surface area contributed by atoms with E-state index in [2.05, 4.69) is 39.9 Å². The SMILES string of the molecule is CCNCC(C)c1c(C)nc(C2(C)CCCCO2)nc1C. The molecule has 4 nitrogen and oxygen atoms in total. The third-order valence-corrected chi connectivity index (χ3v) is 4.46. The van der Waals surface area contributed by atoms with E-state index in [0.717, 1.165) is 49.8 Å². The average Bonchev–Trinajstić information content (AvgIpc) is 2.45. The van der Waals surface area contributed by atoms with Crippen LogP contribution < -0.4 is 5.32 Å². The Hall–Kier alpha value is -1.00. The second-order valence-corrected chi connectivity index (χ2v) is 6.38. The molecule has 1 aliphatic heterocycles. The predicted molar refractivity (Wildman–Crippen MR) is 85.6 cm³/mol. The Bertz CT molecular complexity index is 458. The molecule has 1 fully saturated rings. The maximum Gasteiger partial charge on any atom is 0.160 e. The highest BCUT2D eigenvalue weighted by atomic mass is 16.5. The van der Waals surface area contributed by atoms with Gasteiger partial charge in [-0.3, -0.25) is 0 Å². The fourth-order valence-electron chi connectivity index (χ4n) is 3.25. The maximum absolute atomic E-state index is 5.99. The van der Waals surface area contributed by atoms with Gasteiger partial charge in [0.25, 0.3) is 0 Å². The van der Waals surface area contributed by atoms with E-state index in [1.165, 1.54) is 12.0 Å². The van der Waals surface area contributed by atoms with Crippen LogP contribution in [-0.2, 0) is 10.3 Å². The zero-order chi connectivity index (χ0) is 15.5. The fraction of sp³-hybridized carbons (Fsp3) is 0.765. The highest BCUT2D eigenvalue weighted by Crippen LogP contribution is 2.34. The van der Waals surface area contributed by atoms with Gasteiger partial charge in [0.15, 0.2) is 5.82 Å². The molecule has 0 aliphatic carbocycles. The minimum atomic E-state index is -0.308. The van der Waals surface area contributed by atoms with E-state index in [4.69, 9.17) is 14.7 Å². The quantitative estimate of drug-likeness (QED) is 0.905. The van der Waals surface area contributed by atoms with Crippen LogP contribution in [0, 0.1) is 13.8 Å². The molecule has 2 heterocycles. The molecule has 0 radical (unpaired) electrons. The lowest BCUT2D eigenvalue weighted by Gasteiger charge is -2.33. The summed E-state index contributed by atoms with van der Waals surface area (Å²) in [6, 6.07) is 0. The second kappa shape index (κ2) is 6.84. The summed E-state index contributed by atoms with van der Waals surface area (Å²) in [5.41, 5.74) is 3.16. The highest BCUT2D eigenvalue weighted by molar-refractivity contribution is 5.29. The molecule has 21 heavy (non-hydrogen) atoms.